The first-order valence-corrected chi connectivity index (χ1v) is 7.35. The molecule has 5 nitrogen and oxygen atoms in total. The third kappa shape index (κ3) is 2.39. The molecule has 0 aliphatic heterocycles. The fraction of sp³-hybridized carbons (Fsp3) is 0.375. The highest BCUT2D eigenvalue weighted by molar-refractivity contribution is 6.00. The molecule has 0 radical (unpaired) electrons. The third-order valence-electron chi connectivity index (χ3n) is 3.81. The lowest BCUT2D eigenvalue weighted by molar-refractivity contribution is 0.0952. The predicted octanol–water partition coefficient (Wildman–Crippen LogP) is 2.06. The molecule has 1 amide bonds. The first-order chi connectivity index (χ1) is 10.1. The number of hydrogen-bond acceptors (Lipinski definition) is 3. The Labute approximate surface area is 122 Å². The van der Waals surface area contributed by atoms with Crippen LogP contribution in [-0.4, -0.2) is 17.0 Å². The van der Waals surface area contributed by atoms with E-state index in [1.807, 2.05) is 23.6 Å². The van der Waals surface area contributed by atoms with Crippen LogP contribution in [0, 0.1) is 0 Å². The van der Waals surface area contributed by atoms with Gasteiger partial charge in [-0.2, -0.15) is 0 Å². The molecule has 21 heavy (non-hydrogen) atoms. The van der Waals surface area contributed by atoms with Crippen molar-refractivity contribution in [3.05, 3.63) is 40.2 Å². The van der Waals surface area contributed by atoms with E-state index in [1.54, 1.807) is 12.3 Å². The summed E-state index contributed by atoms with van der Waals surface area (Å²) in [5.74, 6) is -0.318. The number of nitrogen functional groups attached to an aromatic ring is 1. The summed E-state index contributed by atoms with van der Waals surface area (Å²) < 4.78 is 2.02. The fourth-order valence-corrected chi connectivity index (χ4v) is 2.57. The van der Waals surface area contributed by atoms with Gasteiger partial charge in [0.25, 0.3) is 5.91 Å². The number of pyridine rings is 1. The van der Waals surface area contributed by atoms with E-state index in [0.717, 1.165) is 24.8 Å². The van der Waals surface area contributed by atoms with Crippen molar-refractivity contribution in [2.75, 3.05) is 12.3 Å². The number of carbonyl (C=O) groups excluding carboxylic acids is 1. The lowest BCUT2D eigenvalue weighted by Crippen LogP contribution is -2.30. The first-order valence-electron chi connectivity index (χ1n) is 7.35. The molecule has 1 aliphatic rings. The molecule has 2 aromatic rings. The van der Waals surface area contributed by atoms with Crippen LogP contribution in [0.1, 0.15) is 42.6 Å². The molecule has 0 unspecified atom stereocenters. The van der Waals surface area contributed by atoms with Gasteiger partial charge in [0.05, 0.1) is 10.9 Å². The highest BCUT2D eigenvalue weighted by atomic mass is 16.2. The Morgan fingerprint density at radius 3 is 2.86 bits per heavy atom. The molecule has 1 aromatic heterocycles. The quantitative estimate of drug-likeness (QED) is 0.844. The average Bonchev–Trinajstić information content (AvgIpc) is 3.29. The van der Waals surface area contributed by atoms with E-state index < -0.39 is 0 Å². The molecule has 1 heterocycles. The predicted molar refractivity (Wildman–Crippen MR) is 83.5 cm³/mol. The molecule has 5 heteroatoms. The van der Waals surface area contributed by atoms with Gasteiger partial charge >= 0.3 is 0 Å². The molecule has 0 saturated heterocycles. The van der Waals surface area contributed by atoms with E-state index in [4.69, 9.17) is 5.73 Å². The van der Waals surface area contributed by atoms with Gasteiger partial charge in [0.2, 0.25) is 5.43 Å². The standard InChI is InChI=1S/C16H19N3O2/c1-2-8-18-16(21)11-9-19(10-6-7-10)13-5-3-4-12(17)14(13)15(11)20/h3-5,9-10H,2,6-8,17H2,1H3,(H,18,21). The highest BCUT2D eigenvalue weighted by Crippen LogP contribution is 2.37. The van der Waals surface area contributed by atoms with Crippen molar-refractivity contribution in [2.24, 2.45) is 0 Å². The van der Waals surface area contributed by atoms with Crippen molar-refractivity contribution in [3.8, 4) is 0 Å². The summed E-state index contributed by atoms with van der Waals surface area (Å²) in [6.07, 6.45) is 4.66. The van der Waals surface area contributed by atoms with Gasteiger partial charge in [-0.05, 0) is 31.4 Å². The number of amides is 1. The van der Waals surface area contributed by atoms with Gasteiger partial charge in [-0.15, -0.1) is 0 Å². The number of fused-ring (bicyclic) bond motifs is 1. The van der Waals surface area contributed by atoms with Crippen LogP contribution in [0.3, 0.4) is 0 Å². The van der Waals surface area contributed by atoms with E-state index in [1.165, 1.54) is 0 Å². The second-order valence-corrected chi connectivity index (χ2v) is 5.51. The van der Waals surface area contributed by atoms with Gasteiger partial charge in [0.15, 0.2) is 0 Å². The maximum atomic E-state index is 12.6. The summed E-state index contributed by atoms with van der Waals surface area (Å²) >= 11 is 0. The van der Waals surface area contributed by atoms with Crippen LogP contribution in [0.5, 0.6) is 0 Å². The van der Waals surface area contributed by atoms with Crippen molar-refractivity contribution in [3.63, 3.8) is 0 Å². The van der Waals surface area contributed by atoms with Crippen LogP contribution in [0.4, 0.5) is 5.69 Å². The zero-order valence-corrected chi connectivity index (χ0v) is 12.1. The molecule has 3 rings (SSSR count). The van der Waals surface area contributed by atoms with E-state index in [0.29, 0.717) is 23.7 Å². The smallest absolute Gasteiger partial charge is 0.256 e. The van der Waals surface area contributed by atoms with Crippen LogP contribution >= 0.6 is 0 Å². The Morgan fingerprint density at radius 2 is 2.19 bits per heavy atom. The van der Waals surface area contributed by atoms with Crippen LogP contribution < -0.4 is 16.5 Å². The summed E-state index contributed by atoms with van der Waals surface area (Å²) in [6, 6.07) is 5.80. The van der Waals surface area contributed by atoms with Gasteiger partial charge in [-0.25, -0.2) is 0 Å². The number of nitrogens with two attached hydrogens (primary N) is 1. The molecule has 0 bridgehead atoms. The summed E-state index contributed by atoms with van der Waals surface area (Å²) in [5.41, 5.74) is 7.11. The van der Waals surface area contributed by atoms with Gasteiger partial charge < -0.3 is 15.6 Å². The van der Waals surface area contributed by atoms with Crippen molar-refractivity contribution in [1.82, 2.24) is 9.88 Å². The third-order valence-corrected chi connectivity index (χ3v) is 3.81. The second kappa shape index (κ2) is 5.24. The van der Waals surface area contributed by atoms with Crippen molar-refractivity contribution in [1.29, 1.82) is 0 Å². The molecule has 1 fully saturated rings. The SMILES string of the molecule is CCCNC(=O)c1cn(C2CC2)c2cccc(N)c2c1=O. The number of nitrogens with one attached hydrogen (secondary N) is 1. The Bertz CT molecular complexity index is 760. The van der Waals surface area contributed by atoms with E-state index in [2.05, 4.69) is 5.32 Å². The molecule has 1 aliphatic carbocycles. The molecule has 110 valence electrons. The first kappa shape index (κ1) is 13.7. The Balaban J connectivity index is 2.21. The normalized spacial score (nSPS) is 14.3. The van der Waals surface area contributed by atoms with E-state index in [-0.39, 0.29) is 16.9 Å². The number of carbonyl (C=O) groups is 1. The molecule has 0 atom stereocenters. The van der Waals surface area contributed by atoms with Crippen molar-refractivity contribution >= 4 is 22.5 Å². The number of aromatic nitrogens is 1. The summed E-state index contributed by atoms with van der Waals surface area (Å²) in [5, 5.41) is 3.22. The lowest BCUT2D eigenvalue weighted by atomic mass is 10.1. The minimum atomic E-state index is -0.318. The molecule has 3 N–H and O–H groups in total. The summed E-state index contributed by atoms with van der Waals surface area (Å²) in [4.78, 5) is 24.8. The molecular formula is C16H19N3O2. The fourth-order valence-electron chi connectivity index (χ4n) is 2.57. The zero-order valence-electron chi connectivity index (χ0n) is 12.1. The molecule has 1 saturated carbocycles. The zero-order chi connectivity index (χ0) is 15.0. The number of hydrogen-bond donors (Lipinski definition) is 2. The Hall–Kier alpha value is -2.30. The summed E-state index contributed by atoms with van der Waals surface area (Å²) in [7, 11) is 0. The number of nitrogens with zero attached hydrogens (tertiary/aromatic N) is 1. The summed E-state index contributed by atoms with van der Waals surface area (Å²) in [6.45, 7) is 2.53. The van der Waals surface area contributed by atoms with Crippen LogP contribution in [0.2, 0.25) is 0 Å². The minimum Gasteiger partial charge on any atom is -0.398 e. The number of anilines is 1. The van der Waals surface area contributed by atoms with Gasteiger partial charge in [-0.3, -0.25) is 9.59 Å². The maximum Gasteiger partial charge on any atom is 0.256 e. The second-order valence-electron chi connectivity index (χ2n) is 5.51. The van der Waals surface area contributed by atoms with Crippen LogP contribution in [0.15, 0.2) is 29.2 Å². The van der Waals surface area contributed by atoms with E-state index in [9.17, 15) is 9.59 Å². The van der Waals surface area contributed by atoms with Crippen LogP contribution in [0.25, 0.3) is 10.9 Å². The Morgan fingerprint density at radius 1 is 1.43 bits per heavy atom. The number of rotatable bonds is 4. The minimum absolute atomic E-state index is 0.181. The van der Waals surface area contributed by atoms with Crippen LogP contribution in [-0.2, 0) is 0 Å². The van der Waals surface area contributed by atoms with Crippen molar-refractivity contribution < 1.29 is 4.79 Å². The van der Waals surface area contributed by atoms with Gasteiger partial charge in [0.1, 0.15) is 5.56 Å². The molecule has 1 aromatic carbocycles. The van der Waals surface area contributed by atoms with Gasteiger partial charge in [-0.1, -0.05) is 13.0 Å². The van der Waals surface area contributed by atoms with E-state index >= 15 is 0 Å². The number of benzene rings is 1. The van der Waals surface area contributed by atoms with Crippen molar-refractivity contribution in [2.45, 2.75) is 32.2 Å². The largest absolute Gasteiger partial charge is 0.398 e. The molecule has 0 spiro atoms. The Kier molecular flexibility index (Phi) is 3.41. The highest BCUT2D eigenvalue weighted by Gasteiger charge is 2.27. The lowest BCUT2D eigenvalue weighted by Gasteiger charge is -2.13. The monoisotopic (exact) mass is 285 g/mol. The molecular weight excluding hydrogens is 266 g/mol. The van der Waals surface area contributed by atoms with Gasteiger partial charge in [0, 0.05) is 24.5 Å². The maximum absolute atomic E-state index is 12.6. The topological polar surface area (TPSA) is 77.1 Å². The average molecular weight is 285 g/mol.